The minimum Gasteiger partial charge on any atom is -0.336 e. The van der Waals surface area contributed by atoms with Crippen LogP contribution in [0.3, 0.4) is 0 Å². The Bertz CT molecular complexity index is 438. The molecule has 2 rings (SSSR count). The molecule has 1 fully saturated rings. The third-order valence-electron chi connectivity index (χ3n) is 3.89. The minimum atomic E-state index is -0.309. The smallest absolute Gasteiger partial charge is 0.254 e. The summed E-state index contributed by atoms with van der Waals surface area (Å²) in [5.41, 5.74) is 0.564. The van der Waals surface area contributed by atoms with Gasteiger partial charge in [0, 0.05) is 18.2 Å². The number of rotatable bonds is 4. The second-order valence-electron chi connectivity index (χ2n) is 5.75. The number of hydrogen-bond acceptors (Lipinski definition) is 2. The van der Waals surface area contributed by atoms with Crippen molar-refractivity contribution in [3.05, 3.63) is 35.6 Å². The van der Waals surface area contributed by atoms with Crippen molar-refractivity contribution in [2.75, 3.05) is 19.6 Å². The van der Waals surface area contributed by atoms with Gasteiger partial charge in [0.15, 0.2) is 0 Å². The van der Waals surface area contributed by atoms with Crippen LogP contribution in [-0.2, 0) is 0 Å². The largest absolute Gasteiger partial charge is 0.336 e. The lowest BCUT2D eigenvalue weighted by Gasteiger charge is -2.33. The molecule has 0 unspecified atom stereocenters. The van der Waals surface area contributed by atoms with Gasteiger partial charge in [0.2, 0.25) is 0 Å². The quantitative estimate of drug-likeness (QED) is 0.918. The third kappa shape index (κ3) is 3.79. The first kappa shape index (κ1) is 15.0. The molecular formula is C16H23FN2O. The molecule has 3 nitrogen and oxygen atoms in total. The van der Waals surface area contributed by atoms with E-state index >= 15 is 0 Å². The third-order valence-corrected chi connectivity index (χ3v) is 3.89. The Morgan fingerprint density at radius 2 is 1.90 bits per heavy atom. The molecule has 0 saturated carbocycles. The van der Waals surface area contributed by atoms with E-state index in [0.717, 1.165) is 32.5 Å². The molecule has 0 atom stereocenters. The summed E-state index contributed by atoms with van der Waals surface area (Å²) in [7, 11) is 0. The topological polar surface area (TPSA) is 32.3 Å². The highest BCUT2D eigenvalue weighted by Gasteiger charge is 2.23. The number of carbonyl (C=O) groups excluding carboxylic acids is 1. The molecule has 1 amide bonds. The highest BCUT2D eigenvalue weighted by atomic mass is 19.1. The molecule has 0 radical (unpaired) electrons. The summed E-state index contributed by atoms with van der Waals surface area (Å²) in [6.45, 7) is 6.91. The van der Waals surface area contributed by atoms with Gasteiger partial charge in [-0.25, -0.2) is 4.39 Å². The summed E-state index contributed by atoms with van der Waals surface area (Å²) < 4.78 is 13.0. The van der Waals surface area contributed by atoms with E-state index in [1.807, 2.05) is 18.7 Å². The number of benzene rings is 1. The van der Waals surface area contributed by atoms with E-state index in [4.69, 9.17) is 0 Å². The van der Waals surface area contributed by atoms with E-state index in [0.29, 0.717) is 11.5 Å². The predicted molar refractivity (Wildman–Crippen MR) is 78.2 cm³/mol. The van der Waals surface area contributed by atoms with Gasteiger partial charge in [-0.05, 0) is 70.0 Å². The van der Waals surface area contributed by atoms with Crippen LogP contribution in [0, 0.1) is 11.7 Å². The molecular weight excluding hydrogens is 255 g/mol. The number of carbonyl (C=O) groups is 1. The molecule has 1 saturated heterocycles. The lowest BCUT2D eigenvalue weighted by atomic mass is 9.96. The molecule has 4 heteroatoms. The average molecular weight is 278 g/mol. The molecule has 0 aliphatic carbocycles. The van der Waals surface area contributed by atoms with Gasteiger partial charge >= 0.3 is 0 Å². The van der Waals surface area contributed by atoms with Crippen molar-refractivity contribution in [1.82, 2.24) is 10.2 Å². The van der Waals surface area contributed by atoms with E-state index in [2.05, 4.69) is 5.32 Å². The van der Waals surface area contributed by atoms with Gasteiger partial charge in [-0.3, -0.25) is 4.79 Å². The summed E-state index contributed by atoms with van der Waals surface area (Å²) in [6, 6.07) is 5.97. The fourth-order valence-electron chi connectivity index (χ4n) is 2.63. The monoisotopic (exact) mass is 278 g/mol. The molecule has 1 aliphatic rings. The van der Waals surface area contributed by atoms with Gasteiger partial charge in [-0.15, -0.1) is 0 Å². The van der Waals surface area contributed by atoms with Crippen LogP contribution in [0.2, 0.25) is 0 Å². The molecule has 1 heterocycles. The molecule has 0 spiro atoms. The Balaban J connectivity index is 2.07. The zero-order valence-corrected chi connectivity index (χ0v) is 12.2. The Kier molecular flexibility index (Phi) is 5.12. The van der Waals surface area contributed by atoms with Gasteiger partial charge in [-0.1, -0.05) is 0 Å². The predicted octanol–water partition coefficient (Wildman–Crippen LogP) is 2.68. The van der Waals surface area contributed by atoms with Crippen LogP contribution in [0.5, 0.6) is 0 Å². The second-order valence-corrected chi connectivity index (χ2v) is 5.75. The van der Waals surface area contributed by atoms with Crippen LogP contribution in [-0.4, -0.2) is 36.5 Å². The maximum Gasteiger partial charge on any atom is 0.254 e. The molecule has 110 valence electrons. The van der Waals surface area contributed by atoms with Crippen molar-refractivity contribution in [2.24, 2.45) is 5.92 Å². The minimum absolute atomic E-state index is 0.00136. The standard InChI is InChI=1S/C16H23FN2O/c1-12(2)19(11-13-7-9-18-10-8-13)16(20)14-3-5-15(17)6-4-14/h3-6,12-13,18H,7-11H2,1-2H3. The van der Waals surface area contributed by atoms with Crippen molar-refractivity contribution >= 4 is 5.91 Å². The van der Waals surface area contributed by atoms with Crippen LogP contribution < -0.4 is 5.32 Å². The zero-order valence-electron chi connectivity index (χ0n) is 12.2. The Morgan fingerprint density at radius 1 is 1.30 bits per heavy atom. The van der Waals surface area contributed by atoms with E-state index in [9.17, 15) is 9.18 Å². The van der Waals surface area contributed by atoms with E-state index in [-0.39, 0.29) is 17.8 Å². The number of piperidine rings is 1. The van der Waals surface area contributed by atoms with Crippen molar-refractivity contribution in [2.45, 2.75) is 32.7 Å². The van der Waals surface area contributed by atoms with Crippen LogP contribution in [0.1, 0.15) is 37.0 Å². The van der Waals surface area contributed by atoms with E-state index in [1.54, 1.807) is 12.1 Å². The molecule has 1 aliphatic heterocycles. The van der Waals surface area contributed by atoms with Crippen molar-refractivity contribution in [3.63, 3.8) is 0 Å². The average Bonchev–Trinajstić information content (AvgIpc) is 2.45. The first-order valence-electron chi connectivity index (χ1n) is 7.35. The maximum absolute atomic E-state index is 13.0. The van der Waals surface area contributed by atoms with Crippen molar-refractivity contribution < 1.29 is 9.18 Å². The number of halogens is 1. The van der Waals surface area contributed by atoms with Gasteiger partial charge in [0.05, 0.1) is 0 Å². The summed E-state index contributed by atoms with van der Waals surface area (Å²) in [4.78, 5) is 14.5. The van der Waals surface area contributed by atoms with Crippen LogP contribution in [0.15, 0.2) is 24.3 Å². The van der Waals surface area contributed by atoms with E-state index < -0.39 is 0 Å². The first-order chi connectivity index (χ1) is 9.58. The molecule has 1 N–H and O–H groups in total. The number of nitrogens with one attached hydrogen (secondary N) is 1. The maximum atomic E-state index is 13.0. The molecule has 1 aromatic carbocycles. The normalized spacial score (nSPS) is 16.4. The fraction of sp³-hybridized carbons (Fsp3) is 0.562. The number of hydrogen-bond donors (Lipinski definition) is 1. The van der Waals surface area contributed by atoms with Crippen LogP contribution >= 0.6 is 0 Å². The van der Waals surface area contributed by atoms with Crippen LogP contribution in [0.25, 0.3) is 0 Å². The lowest BCUT2D eigenvalue weighted by molar-refractivity contribution is 0.0658. The number of nitrogens with zero attached hydrogens (tertiary/aromatic N) is 1. The zero-order chi connectivity index (χ0) is 14.5. The second kappa shape index (κ2) is 6.84. The van der Waals surface area contributed by atoms with E-state index in [1.165, 1.54) is 12.1 Å². The number of amides is 1. The lowest BCUT2D eigenvalue weighted by Crippen LogP contribution is -2.42. The van der Waals surface area contributed by atoms with Gasteiger partial charge in [0.25, 0.3) is 5.91 Å². The van der Waals surface area contributed by atoms with Gasteiger partial charge in [-0.2, -0.15) is 0 Å². The summed E-state index contributed by atoms with van der Waals surface area (Å²) in [6.07, 6.45) is 2.22. The molecule has 0 bridgehead atoms. The molecule has 1 aromatic rings. The van der Waals surface area contributed by atoms with Crippen LogP contribution in [0.4, 0.5) is 4.39 Å². The first-order valence-corrected chi connectivity index (χ1v) is 7.35. The highest BCUT2D eigenvalue weighted by Crippen LogP contribution is 2.17. The Hall–Kier alpha value is -1.42. The Morgan fingerprint density at radius 3 is 2.45 bits per heavy atom. The molecule has 20 heavy (non-hydrogen) atoms. The SMILES string of the molecule is CC(C)N(CC1CCNCC1)C(=O)c1ccc(F)cc1. The Labute approximate surface area is 120 Å². The summed E-state index contributed by atoms with van der Waals surface area (Å²) in [5.74, 6) is 0.248. The highest BCUT2D eigenvalue weighted by molar-refractivity contribution is 5.94. The summed E-state index contributed by atoms with van der Waals surface area (Å²) >= 11 is 0. The fourth-order valence-corrected chi connectivity index (χ4v) is 2.63. The van der Waals surface area contributed by atoms with Crippen molar-refractivity contribution in [3.8, 4) is 0 Å². The van der Waals surface area contributed by atoms with Gasteiger partial charge < -0.3 is 10.2 Å². The van der Waals surface area contributed by atoms with Crippen molar-refractivity contribution in [1.29, 1.82) is 0 Å². The van der Waals surface area contributed by atoms with Gasteiger partial charge in [0.1, 0.15) is 5.82 Å². The summed E-state index contributed by atoms with van der Waals surface area (Å²) in [5, 5.41) is 3.34. The molecule has 0 aromatic heterocycles.